The van der Waals surface area contributed by atoms with Gasteiger partial charge in [0.15, 0.2) is 0 Å². The largest absolute Gasteiger partial charge is 0.367 e. The summed E-state index contributed by atoms with van der Waals surface area (Å²) in [4.78, 5) is 2.48. The highest BCUT2D eigenvalue weighted by Crippen LogP contribution is 2.36. The third-order valence-electron chi connectivity index (χ3n) is 4.09. The fraction of sp³-hybridized carbons (Fsp3) is 0.333. The third kappa shape index (κ3) is 2.83. The molecule has 1 nitrogen and oxygen atoms in total. The number of hydrogen-bond donors (Lipinski definition) is 0. The molecule has 2 aromatic carbocycles. The van der Waals surface area contributed by atoms with E-state index in [2.05, 4.69) is 59.5 Å². The average Bonchev–Trinajstić information content (AvgIpc) is 2.56. The molecule has 0 amide bonds. The number of piperidine rings is 1. The number of benzene rings is 2. The fourth-order valence-electron chi connectivity index (χ4n) is 3.06. The maximum atomic E-state index is 6.79. The van der Waals surface area contributed by atoms with Crippen LogP contribution in [0.4, 0.5) is 5.69 Å². The summed E-state index contributed by atoms with van der Waals surface area (Å²) in [5.41, 5.74) is 2.51. The van der Waals surface area contributed by atoms with Crippen molar-refractivity contribution in [3.63, 3.8) is 0 Å². The fourth-order valence-corrected chi connectivity index (χ4v) is 3.47. The zero-order chi connectivity index (χ0) is 13.8. The number of anilines is 1. The number of alkyl halides is 1. The van der Waals surface area contributed by atoms with Gasteiger partial charge in [-0.2, -0.15) is 0 Å². The van der Waals surface area contributed by atoms with E-state index in [1.54, 1.807) is 0 Å². The molecule has 2 unspecified atom stereocenters. The zero-order valence-electron chi connectivity index (χ0n) is 11.6. The molecule has 0 radical (unpaired) electrons. The Labute approximate surface area is 126 Å². The predicted molar refractivity (Wildman–Crippen MR) is 86.5 cm³/mol. The minimum Gasteiger partial charge on any atom is -0.367 e. The van der Waals surface area contributed by atoms with E-state index in [-0.39, 0.29) is 5.38 Å². The van der Waals surface area contributed by atoms with E-state index in [9.17, 15) is 0 Å². The second-order valence-corrected chi connectivity index (χ2v) is 5.87. The van der Waals surface area contributed by atoms with Crippen molar-refractivity contribution in [2.24, 2.45) is 0 Å². The standard InChI is InChI=1S/C18H20ClN/c19-18(15-9-3-1-4-10-15)17-13-7-8-14-20(17)16-11-5-2-6-12-16/h1-6,9-12,17-18H,7-8,13-14H2. The molecular weight excluding hydrogens is 266 g/mol. The van der Waals surface area contributed by atoms with Gasteiger partial charge in [-0.1, -0.05) is 48.5 Å². The molecule has 0 aliphatic carbocycles. The molecule has 2 atom stereocenters. The van der Waals surface area contributed by atoms with Crippen molar-refractivity contribution in [1.82, 2.24) is 0 Å². The minimum atomic E-state index is 0.0525. The van der Waals surface area contributed by atoms with Gasteiger partial charge < -0.3 is 4.90 Å². The topological polar surface area (TPSA) is 3.24 Å². The molecule has 1 heterocycles. The maximum absolute atomic E-state index is 6.79. The van der Waals surface area contributed by atoms with Crippen LogP contribution in [-0.4, -0.2) is 12.6 Å². The highest BCUT2D eigenvalue weighted by Gasteiger charge is 2.29. The summed E-state index contributed by atoms with van der Waals surface area (Å²) in [6.45, 7) is 1.10. The van der Waals surface area contributed by atoms with Crippen LogP contribution in [-0.2, 0) is 0 Å². The molecule has 0 saturated carbocycles. The quantitative estimate of drug-likeness (QED) is 0.715. The molecule has 1 fully saturated rings. The molecule has 0 spiro atoms. The van der Waals surface area contributed by atoms with E-state index in [1.165, 1.54) is 24.1 Å². The summed E-state index contributed by atoms with van der Waals surface area (Å²) in [6.07, 6.45) is 3.69. The number of hydrogen-bond acceptors (Lipinski definition) is 1. The van der Waals surface area contributed by atoms with Gasteiger partial charge >= 0.3 is 0 Å². The first-order valence-electron chi connectivity index (χ1n) is 7.37. The van der Waals surface area contributed by atoms with Gasteiger partial charge in [-0.3, -0.25) is 0 Å². The van der Waals surface area contributed by atoms with Crippen LogP contribution in [0.25, 0.3) is 0 Å². The average molecular weight is 286 g/mol. The van der Waals surface area contributed by atoms with Gasteiger partial charge in [0.25, 0.3) is 0 Å². The normalized spacial score (nSPS) is 20.6. The Morgan fingerprint density at radius 2 is 1.55 bits per heavy atom. The summed E-state index contributed by atoms with van der Waals surface area (Å²) in [5, 5.41) is 0.0525. The molecule has 2 heteroatoms. The SMILES string of the molecule is ClC(c1ccccc1)C1CCCCN1c1ccccc1. The summed E-state index contributed by atoms with van der Waals surface area (Å²) in [5.74, 6) is 0. The summed E-state index contributed by atoms with van der Waals surface area (Å²) >= 11 is 6.79. The lowest BCUT2D eigenvalue weighted by atomic mass is 9.94. The molecule has 1 aliphatic heterocycles. The van der Waals surface area contributed by atoms with Crippen LogP contribution in [0.15, 0.2) is 60.7 Å². The first-order chi connectivity index (χ1) is 9.86. The Balaban J connectivity index is 1.86. The molecule has 0 N–H and O–H groups in total. The van der Waals surface area contributed by atoms with E-state index in [4.69, 9.17) is 11.6 Å². The molecule has 104 valence electrons. The molecule has 3 rings (SSSR count). The number of para-hydroxylation sites is 1. The number of halogens is 1. The Hall–Kier alpha value is -1.47. The van der Waals surface area contributed by atoms with Gasteiger partial charge in [-0.25, -0.2) is 0 Å². The third-order valence-corrected chi connectivity index (χ3v) is 4.64. The second-order valence-electron chi connectivity index (χ2n) is 5.40. The van der Waals surface area contributed by atoms with Crippen LogP contribution in [0.2, 0.25) is 0 Å². The first-order valence-corrected chi connectivity index (χ1v) is 7.80. The summed E-state index contributed by atoms with van der Waals surface area (Å²) in [6, 6.07) is 21.5. The zero-order valence-corrected chi connectivity index (χ0v) is 12.3. The highest BCUT2D eigenvalue weighted by atomic mass is 35.5. The molecular formula is C18H20ClN. The Bertz CT molecular complexity index is 526. The van der Waals surface area contributed by atoms with Gasteiger partial charge in [0.1, 0.15) is 0 Å². The monoisotopic (exact) mass is 285 g/mol. The Morgan fingerprint density at radius 1 is 0.900 bits per heavy atom. The first kappa shape index (κ1) is 13.5. The highest BCUT2D eigenvalue weighted by molar-refractivity contribution is 6.21. The van der Waals surface area contributed by atoms with Crippen molar-refractivity contribution in [3.8, 4) is 0 Å². The van der Waals surface area contributed by atoms with Crippen LogP contribution in [0.3, 0.4) is 0 Å². The lowest BCUT2D eigenvalue weighted by Crippen LogP contribution is -2.42. The molecule has 1 saturated heterocycles. The predicted octanol–water partition coefficient (Wildman–Crippen LogP) is 5.03. The van der Waals surface area contributed by atoms with Crippen LogP contribution >= 0.6 is 11.6 Å². The smallest absolute Gasteiger partial charge is 0.0788 e. The minimum absolute atomic E-state index is 0.0525. The van der Waals surface area contributed by atoms with E-state index in [0.717, 1.165) is 13.0 Å². The molecule has 0 bridgehead atoms. The van der Waals surface area contributed by atoms with Gasteiger partial charge in [0, 0.05) is 18.3 Å². The van der Waals surface area contributed by atoms with Crippen molar-refractivity contribution in [2.75, 3.05) is 11.4 Å². The van der Waals surface area contributed by atoms with Crippen molar-refractivity contribution in [2.45, 2.75) is 30.7 Å². The lowest BCUT2D eigenvalue weighted by Gasteiger charge is -2.40. The molecule has 20 heavy (non-hydrogen) atoms. The van der Waals surface area contributed by atoms with Crippen LogP contribution in [0.5, 0.6) is 0 Å². The van der Waals surface area contributed by atoms with E-state index >= 15 is 0 Å². The van der Waals surface area contributed by atoms with E-state index < -0.39 is 0 Å². The maximum Gasteiger partial charge on any atom is 0.0788 e. The van der Waals surface area contributed by atoms with Crippen molar-refractivity contribution in [1.29, 1.82) is 0 Å². The van der Waals surface area contributed by atoms with Crippen LogP contribution in [0.1, 0.15) is 30.2 Å². The molecule has 2 aromatic rings. The van der Waals surface area contributed by atoms with E-state index in [1.807, 2.05) is 6.07 Å². The summed E-state index contributed by atoms with van der Waals surface area (Å²) < 4.78 is 0. The van der Waals surface area contributed by atoms with Gasteiger partial charge in [0.05, 0.1) is 5.38 Å². The number of nitrogens with zero attached hydrogens (tertiary/aromatic N) is 1. The van der Waals surface area contributed by atoms with Crippen molar-refractivity contribution in [3.05, 3.63) is 66.2 Å². The van der Waals surface area contributed by atoms with Crippen LogP contribution in [0, 0.1) is 0 Å². The lowest BCUT2D eigenvalue weighted by molar-refractivity contribution is 0.449. The van der Waals surface area contributed by atoms with E-state index in [0.29, 0.717) is 6.04 Å². The van der Waals surface area contributed by atoms with Crippen molar-refractivity contribution >= 4 is 17.3 Å². The van der Waals surface area contributed by atoms with Crippen molar-refractivity contribution < 1.29 is 0 Å². The Kier molecular flexibility index (Phi) is 4.27. The Morgan fingerprint density at radius 3 is 2.25 bits per heavy atom. The molecule has 1 aliphatic rings. The number of rotatable bonds is 3. The van der Waals surface area contributed by atoms with Crippen LogP contribution < -0.4 is 4.90 Å². The summed E-state index contributed by atoms with van der Waals surface area (Å²) in [7, 11) is 0. The second kappa shape index (κ2) is 6.32. The van der Waals surface area contributed by atoms with Gasteiger partial charge in [-0.05, 0) is 37.0 Å². The molecule has 0 aromatic heterocycles. The van der Waals surface area contributed by atoms with Gasteiger partial charge in [-0.15, -0.1) is 11.6 Å². The van der Waals surface area contributed by atoms with Gasteiger partial charge in [0.2, 0.25) is 0 Å².